The van der Waals surface area contributed by atoms with Crippen molar-refractivity contribution >= 4 is 9.84 Å². The van der Waals surface area contributed by atoms with Crippen LogP contribution in [0.2, 0.25) is 0 Å². The molecule has 4 nitrogen and oxygen atoms in total. The number of para-hydroxylation sites is 1. The normalized spacial score (nSPS) is 23.8. The van der Waals surface area contributed by atoms with Crippen LogP contribution in [0.4, 0.5) is 8.78 Å². The Hall–Kier alpha value is -1.21. The van der Waals surface area contributed by atoms with Gasteiger partial charge in [0.15, 0.2) is 0 Å². The lowest BCUT2D eigenvalue weighted by Crippen LogP contribution is -2.34. The number of hydrogen-bond donors (Lipinski definition) is 1. The van der Waals surface area contributed by atoms with Gasteiger partial charge in [0.05, 0.1) is 0 Å². The molecule has 0 bridgehead atoms. The predicted molar refractivity (Wildman–Crippen MR) is 70.5 cm³/mol. The molecule has 1 aromatic rings. The molecule has 1 aromatic carbocycles. The van der Waals surface area contributed by atoms with E-state index in [0.29, 0.717) is 6.42 Å². The standard InChI is InChI=1S/C13H17F2NO3S/c14-13(15)20(17,18)12-7-2-1-6-11(12)19-10-5-3-4-9(16)8-10/h1-2,6-7,9-10,13H,3-5,8,16H2. The van der Waals surface area contributed by atoms with Gasteiger partial charge < -0.3 is 10.5 Å². The first-order valence-corrected chi connectivity index (χ1v) is 7.99. The van der Waals surface area contributed by atoms with E-state index in [1.165, 1.54) is 12.1 Å². The molecule has 0 radical (unpaired) electrons. The van der Waals surface area contributed by atoms with Crippen molar-refractivity contribution < 1.29 is 21.9 Å². The molecule has 112 valence electrons. The van der Waals surface area contributed by atoms with E-state index in [9.17, 15) is 17.2 Å². The Morgan fingerprint density at radius 3 is 2.60 bits per heavy atom. The molecule has 20 heavy (non-hydrogen) atoms. The minimum absolute atomic E-state index is 0.00705. The second-order valence-corrected chi connectivity index (χ2v) is 6.81. The van der Waals surface area contributed by atoms with Crippen LogP contribution in [0.5, 0.6) is 5.75 Å². The summed E-state index contributed by atoms with van der Waals surface area (Å²) >= 11 is 0. The molecule has 0 heterocycles. The van der Waals surface area contributed by atoms with Crippen molar-refractivity contribution in [1.82, 2.24) is 0 Å². The average Bonchev–Trinajstić information content (AvgIpc) is 2.39. The van der Waals surface area contributed by atoms with Crippen molar-refractivity contribution in [2.45, 2.75) is 48.5 Å². The van der Waals surface area contributed by atoms with Gasteiger partial charge in [0.2, 0.25) is 9.84 Å². The maximum absolute atomic E-state index is 12.7. The lowest BCUT2D eigenvalue weighted by atomic mass is 9.93. The molecule has 0 amide bonds. The molecule has 2 unspecified atom stereocenters. The number of benzene rings is 1. The van der Waals surface area contributed by atoms with E-state index >= 15 is 0 Å². The van der Waals surface area contributed by atoms with E-state index < -0.39 is 20.5 Å². The van der Waals surface area contributed by atoms with Crippen LogP contribution >= 0.6 is 0 Å². The monoisotopic (exact) mass is 305 g/mol. The maximum atomic E-state index is 12.7. The van der Waals surface area contributed by atoms with E-state index in [1.807, 2.05) is 0 Å². The second kappa shape index (κ2) is 6.05. The molecule has 2 atom stereocenters. The SMILES string of the molecule is NC1CCCC(Oc2ccccc2S(=O)(=O)C(F)F)C1. The largest absolute Gasteiger partial charge is 0.489 e. The summed E-state index contributed by atoms with van der Waals surface area (Å²) < 4.78 is 54.1. The molecule has 0 aliphatic heterocycles. The molecule has 1 aliphatic rings. The van der Waals surface area contributed by atoms with Crippen LogP contribution in [0.15, 0.2) is 29.2 Å². The zero-order valence-electron chi connectivity index (χ0n) is 10.8. The van der Waals surface area contributed by atoms with Gasteiger partial charge in [0.1, 0.15) is 16.7 Å². The summed E-state index contributed by atoms with van der Waals surface area (Å²) in [6.45, 7) is 0. The summed E-state index contributed by atoms with van der Waals surface area (Å²) in [5.41, 5.74) is 5.83. The van der Waals surface area contributed by atoms with Gasteiger partial charge in [-0.1, -0.05) is 12.1 Å². The highest BCUT2D eigenvalue weighted by Gasteiger charge is 2.31. The summed E-state index contributed by atoms with van der Waals surface area (Å²) in [4.78, 5) is -0.464. The number of rotatable bonds is 4. The third-order valence-corrected chi connectivity index (χ3v) is 4.77. The topological polar surface area (TPSA) is 69.4 Å². The molecule has 0 spiro atoms. The fourth-order valence-electron chi connectivity index (χ4n) is 2.35. The summed E-state index contributed by atoms with van der Waals surface area (Å²) in [6, 6.07) is 5.50. The molecular formula is C13H17F2NO3S. The third kappa shape index (κ3) is 3.27. The molecule has 0 saturated heterocycles. The molecule has 1 fully saturated rings. The van der Waals surface area contributed by atoms with Gasteiger partial charge in [-0.05, 0) is 37.8 Å². The van der Waals surface area contributed by atoms with E-state index in [4.69, 9.17) is 10.5 Å². The van der Waals surface area contributed by atoms with Crippen molar-refractivity contribution in [2.75, 3.05) is 0 Å². The van der Waals surface area contributed by atoms with E-state index in [2.05, 4.69) is 0 Å². The van der Waals surface area contributed by atoms with Gasteiger partial charge in [-0.25, -0.2) is 8.42 Å². The number of ether oxygens (including phenoxy) is 1. The fourth-order valence-corrected chi connectivity index (χ4v) is 3.20. The minimum atomic E-state index is -4.66. The number of sulfone groups is 1. The first-order valence-electron chi connectivity index (χ1n) is 6.44. The summed E-state index contributed by atoms with van der Waals surface area (Å²) in [5, 5.41) is 0. The Kier molecular flexibility index (Phi) is 4.59. The summed E-state index contributed by atoms with van der Waals surface area (Å²) in [7, 11) is -4.66. The highest BCUT2D eigenvalue weighted by atomic mass is 32.2. The number of alkyl halides is 2. The number of halogens is 2. The highest BCUT2D eigenvalue weighted by Crippen LogP contribution is 2.31. The molecule has 0 aromatic heterocycles. The lowest BCUT2D eigenvalue weighted by molar-refractivity contribution is 0.140. The molecule has 1 aliphatic carbocycles. The zero-order chi connectivity index (χ0) is 14.8. The van der Waals surface area contributed by atoms with Gasteiger partial charge in [-0.3, -0.25) is 0 Å². The van der Waals surface area contributed by atoms with Gasteiger partial charge in [0, 0.05) is 6.04 Å². The third-order valence-electron chi connectivity index (χ3n) is 3.35. The smallest absolute Gasteiger partial charge is 0.341 e. The Balaban J connectivity index is 2.25. The van der Waals surface area contributed by atoms with Crippen LogP contribution in [0.25, 0.3) is 0 Å². The predicted octanol–water partition coefficient (Wildman–Crippen LogP) is 2.33. The summed E-state index contributed by atoms with van der Waals surface area (Å²) in [6.07, 6.45) is 2.90. The highest BCUT2D eigenvalue weighted by molar-refractivity contribution is 7.91. The fraction of sp³-hybridized carbons (Fsp3) is 0.538. The summed E-state index contributed by atoms with van der Waals surface area (Å²) in [5.74, 6) is -3.48. The van der Waals surface area contributed by atoms with Gasteiger partial charge >= 0.3 is 5.76 Å². The molecule has 1 saturated carbocycles. The molecule has 7 heteroatoms. The lowest BCUT2D eigenvalue weighted by Gasteiger charge is -2.27. The van der Waals surface area contributed by atoms with Crippen LogP contribution in [-0.4, -0.2) is 26.3 Å². The van der Waals surface area contributed by atoms with Crippen LogP contribution in [0, 0.1) is 0 Å². The van der Waals surface area contributed by atoms with Crippen LogP contribution in [-0.2, 0) is 9.84 Å². The molecule has 2 rings (SSSR count). The number of hydrogen-bond acceptors (Lipinski definition) is 4. The number of nitrogens with two attached hydrogens (primary N) is 1. The van der Waals surface area contributed by atoms with Gasteiger partial charge in [-0.2, -0.15) is 8.78 Å². The Morgan fingerprint density at radius 1 is 1.25 bits per heavy atom. The van der Waals surface area contributed by atoms with Crippen LogP contribution in [0.3, 0.4) is 0 Å². The molecular weight excluding hydrogens is 288 g/mol. The Labute approximate surface area is 116 Å². The van der Waals surface area contributed by atoms with E-state index in [-0.39, 0.29) is 17.9 Å². The van der Waals surface area contributed by atoms with Gasteiger partial charge in [0.25, 0.3) is 0 Å². The average molecular weight is 305 g/mol. The first kappa shape index (κ1) is 15.2. The van der Waals surface area contributed by atoms with E-state index in [0.717, 1.165) is 25.3 Å². The first-order chi connectivity index (χ1) is 9.41. The Bertz CT molecular complexity index is 562. The van der Waals surface area contributed by atoms with Crippen molar-refractivity contribution in [1.29, 1.82) is 0 Å². The maximum Gasteiger partial charge on any atom is 0.341 e. The van der Waals surface area contributed by atoms with Crippen molar-refractivity contribution in [3.63, 3.8) is 0 Å². The Morgan fingerprint density at radius 2 is 1.95 bits per heavy atom. The van der Waals surface area contributed by atoms with E-state index in [1.54, 1.807) is 6.07 Å². The van der Waals surface area contributed by atoms with Crippen molar-refractivity contribution in [3.8, 4) is 5.75 Å². The zero-order valence-corrected chi connectivity index (χ0v) is 11.7. The van der Waals surface area contributed by atoms with Crippen LogP contribution in [0.1, 0.15) is 25.7 Å². The minimum Gasteiger partial charge on any atom is -0.489 e. The van der Waals surface area contributed by atoms with Crippen molar-refractivity contribution in [2.24, 2.45) is 5.73 Å². The van der Waals surface area contributed by atoms with Crippen LogP contribution < -0.4 is 10.5 Å². The van der Waals surface area contributed by atoms with Crippen molar-refractivity contribution in [3.05, 3.63) is 24.3 Å². The second-order valence-electron chi connectivity index (χ2n) is 4.92. The van der Waals surface area contributed by atoms with Gasteiger partial charge in [-0.15, -0.1) is 0 Å². The molecule has 2 N–H and O–H groups in total. The quantitative estimate of drug-likeness (QED) is 0.927.